The first-order valence-corrected chi connectivity index (χ1v) is 9.55. The second-order valence-electron chi connectivity index (χ2n) is 6.10. The normalized spacial score (nSPS) is 17.5. The van der Waals surface area contributed by atoms with Crippen LogP contribution in [0.15, 0.2) is 18.2 Å². The van der Waals surface area contributed by atoms with Crippen LogP contribution in [0.2, 0.25) is 0 Å². The quantitative estimate of drug-likeness (QED) is 0.835. The van der Waals surface area contributed by atoms with Gasteiger partial charge in [-0.3, -0.25) is 4.79 Å². The van der Waals surface area contributed by atoms with Gasteiger partial charge in [0, 0.05) is 5.92 Å². The van der Waals surface area contributed by atoms with Crippen LogP contribution < -0.4 is 10.1 Å². The Morgan fingerprint density at radius 2 is 1.88 bits per heavy atom. The smallest absolute Gasteiger partial charge is 0.335 e. The molecule has 0 unspecified atom stereocenters. The van der Waals surface area contributed by atoms with Gasteiger partial charge in [0.15, 0.2) is 0 Å². The molecule has 2 rings (SSSR count). The zero-order valence-corrected chi connectivity index (χ0v) is 14.4. The van der Waals surface area contributed by atoms with Crippen molar-refractivity contribution in [1.29, 1.82) is 0 Å². The van der Waals surface area contributed by atoms with Gasteiger partial charge < -0.3 is 15.2 Å². The molecular formula is C16H21NO6S. The zero-order valence-electron chi connectivity index (χ0n) is 13.6. The average molecular weight is 355 g/mol. The summed E-state index contributed by atoms with van der Waals surface area (Å²) in [6.45, 7) is 3.64. The number of sulfone groups is 1. The van der Waals surface area contributed by atoms with Gasteiger partial charge in [-0.25, -0.2) is 13.2 Å². The molecule has 0 aromatic heterocycles. The summed E-state index contributed by atoms with van der Waals surface area (Å²) < 4.78 is 28.5. The number of carbonyl (C=O) groups excluding carboxylic acids is 1. The van der Waals surface area contributed by atoms with Crippen molar-refractivity contribution in [1.82, 2.24) is 0 Å². The molecule has 1 aliphatic heterocycles. The fourth-order valence-corrected chi connectivity index (χ4v) is 4.00. The lowest BCUT2D eigenvalue weighted by atomic mass is 10.0. The number of amides is 1. The van der Waals surface area contributed by atoms with E-state index in [4.69, 9.17) is 9.84 Å². The number of aromatic carboxylic acids is 1. The molecule has 1 aliphatic rings. The number of carbonyl (C=O) groups is 2. The second-order valence-corrected chi connectivity index (χ2v) is 8.40. The highest BCUT2D eigenvalue weighted by Gasteiger charge is 2.29. The van der Waals surface area contributed by atoms with E-state index in [2.05, 4.69) is 5.32 Å². The van der Waals surface area contributed by atoms with Gasteiger partial charge in [0.2, 0.25) is 5.91 Å². The average Bonchev–Trinajstić information content (AvgIpc) is 2.48. The summed E-state index contributed by atoms with van der Waals surface area (Å²) in [5.41, 5.74) is 0.314. The topological polar surface area (TPSA) is 110 Å². The van der Waals surface area contributed by atoms with E-state index in [9.17, 15) is 18.0 Å². The maximum absolute atomic E-state index is 12.4. The molecule has 1 saturated heterocycles. The Labute approximate surface area is 140 Å². The maximum Gasteiger partial charge on any atom is 0.335 e. The van der Waals surface area contributed by atoms with Gasteiger partial charge in [-0.05, 0) is 44.9 Å². The summed E-state index contributed by atoms with van der Waals surface area (Å²) in [7, 11) is -3.05. The van der Waals surface area contributed by atoms with Crippen molar-refractivity contribution in [2.24, 2.45) is 5.92 Å². The summed E-state index contributed by atoms with van der Waals surface area (Å²) in [5, 5.41) is 11.8. The highest BCUT2D eigenvalue weighted by Crippen LogP contribution is 2.29. The van der Waals surface area contributed by atoms with Crippen LogP contribution in [0, 0.1) is 5.92 Å². The van der Waals surface area contributed by atoms with Crippen LogP contribution in [0.1, 0.15) is 37.0 Å². The van der Waals surface area contributed by atoms with Crippen molar-refractivity contribution >= 4 is 27.4 Å². The monoisotopic (exact) mass is 355 g/mol. The summed E-state index contributed by atoms with van der Waals surface area (Å²) in [6.07, 6.45) is 0.400. The van der Waals surface area contributed by atoms with E-state index in [1.54, 1.807) is 0 Å². The number of anilines is 1. The lowest BCUT2D eigenvalue weighted by Crippen LogP contribution is -2.32. The molecule has 1 aromatic carbocycles. The molecule has 0 spiro atoms. The summed E-state index contributed by atoms with van der Waals surface area (Å²) >= 11 is 0. The van der Waals surface area contributed by atoms with Gasteiger partial charge in [-0.1, -0.05) is 0 Å². The number of ether oxygens (including phenoxy) is 1. The Hall–Kier alpha value is -2.09. The largest absolute Gasteiger partial charge is 0.489 e. The molecule has 2 N–H and O–H groups in total. The minimum Gasteiger partial charge on any atom is -0.489 e. The van der Waals surface area contributed by atoms with Crippen LogP contribution in [0.25, 0.3) is 0 Å². The van der Waals surface area contributed by atoms with E-state index in [-0.39, 0.29) is 47.6 Å². The number of carboxylic acids is 1. The molecular weight excluding hydrogens is 334 g/mol. The van der Waals surface area contributed by atoms with Crippen molar-refractivity contribution in [3.8, 4) is 5.75 Å². The van der Waals surface area contributed by atoms with Gasteiger partial charge in [0.25, 0.3) is 0 Å². The molecule has 1 amide bonds. The van der Waals surface area contributed by atoms with Crippen LogP contribution >= 0.6 is 0 Å². The Morgan fingerprint density at radius 3 is 2.42 bits per heavy atom. The van der Waals surface area contributed by atoms with Crippen molar-refractivity contribution in [3.63, 3.8) is 0 Å². The lowest BCUT2D eigenvalue weighted by molar-refractivity contribution is -0.120. The van der Waals surface area contributed by atoms with Crippen molar-refractivity contribution in [3.05, 3.63) is 23.8 Å². The summed E-state index contributed by atoms with van der Waals surface area (Å²) in [6, 6.07) is 4.25. The predicted octanol–water partition coefficient (Wildman–Crippen LogP) is 1.94. The number of rotatable bonds is 5. The number of nitrogens with one attached hydrogen (secondary N) is 1. The first-order valence-electron chi connectivity index (χ1n) is 7.73. The van der Waals surface area contributed by atoms with Crippen LogP contribution in [-0.4, -0.2) is 43.0 Å². The molecule has 0 radical (unpaired) electrons. The number of hydrogen-bond donors (Lipinski definition) is 2. The molecule has 0 bridgehead atoms. The molecule has 1 heterocycles. The highest BCUT2D eigenvalue weighted by atomic mass is 32.2. The Bertz CT molecular complexity index is 727. The van der Waals surface area contributed by atoms with Crippen molar-refractivity contribution in [2.75, 3.05) is 16.8 Å². The van der Waals surface area contributed by atoms with Gasteiger partial charge in [-0.15, -0.1) is 0 Å². The minimum atomic E-state index is -3.05. The molecule has 0 saturated carbocycles. The first-order chi connectivity index (χ1) is 11.2. The van der Waals surface area contributed by atoms with E-state index in [0.29, 0.717) is 5.75 Å². The number of benzene rings is 1. The second kappa shape index (κ2) is 7.21. The molecule has 1 aromatic rings. The Kier molecular flexibility index (Phi) is 5.48. The Balaban J connectivity index is 2.18. The van der Waals surface area contributed by atoms with Crippen molar-refractivity contribution in [2.45, 2.75) is 32.8 Å². The highest BCUT2D eigenvalue weighted by molar-refractivity contribution is 7.91. The predicted molar refractivity (Wildman–Crippen MR) is 89.2 cm³/mol. The molecule has 0 atom stereocenters. The van der Waals surface area contributed by atoms with Gasteiger partial charge in [-0.2, -0.15) is 0 Å². The van der Waals surface area contributed by atoms with Gasteiger partial charge in [0.1, 0.15) is 15.6 Å². The third kappa shape index (κ3) is 4.70. The molecule has 0 aliphatic carbocycles. The van der Waals surface area contributed by atoms with E-state index in [0.717, 1.165) is 0 Å². The molecule has 24 heavy (non-hydrogen) atoms. The summed E-state index contributed by atoms with van der Waals surface area (Å²) in [5.74, 6) is -1.46. The van der Waals surface area contributed by atoms with E-state index in [1.165, 1.54) is 18.2 Å². The summed E-state index contributed by atoms with van der Waals surface area (Å²) in [4.78, 5) is 23.5. The number of carboxylic acid groups (broad SMARTS) is 1. The van der Waals surface area contributed by atoms with Crippen LogP contribution in [-0.2, 0) is 14.6 Å². The van der Waals surface area contributed by atoms with Gasteiger partial charge in [0.05, 0.1) is 28.9 Å². The van der Waals surface area contributed by atoms with Crippen LogP contribution in [0.5, 0.6) is 5.75 Å². The third-order valence-electron chi connectivity index (χ3n) is 3.77. The fourth-order valence-electron chi connectivity index (χ4n) is 2.50. The van der Waals surface area contributed by atoms with Gasteiger partial charge >= 0.3 is 5.97 Å². The standard InChI is InChI=1S/C16H21NO6S/c1-10(2)23-14-4-3-12(16(19)20)9-13(14)17-15(18)11-5-7-24(21,22)8-6-11/h3-4,9-11H,5-8H2,1-2H3,(H,17,18)(H,19,20). The SMILES string of the molecule is CC(C)Oc1ccc(C(=O)O)cc1NC(=O)C1CCS(=O)(=O)CC1. The molecule has 1 fully saturated rings. The van der Waals surface area contributed by atoms with Crippen LogP contribution in [0.4, 0.5) is 5.69 Å². The lowest BCUT2D eigenvalue weighted by Gasteiger charge is -2.22. The zero-order chi connectivity index (χ0) is 17.9. The Morgan fingerprint density at radius 1 is 1.25 bits per heavy atom. The maximum atomic E-state index is 12.4. The molecule has 132 valence electrons. The van der Waals surface area contributed by atoms with E-state index < -0.39 is 21.7 Å². The van der Waals surface area contributed by atoms with Crippen molar-refractivity contribution < 1.29 is 27.9 Å². The van der Waals surface area contributed by atoms with E-state index in [1.807, 2.05) is 13.8 Å². The molecule has 7 nitrogen and oxygen atoms in total. The third-order valence-corrected chi connectivity index (χ3v) is 5.49. The van der Waals surface area contributed by atoms with E-state index >= 15 is 0 Å². The fraction of sp³-hybridized carbons (Fsp3) is 0.500. The molecule has 8 heteroatoms. The first kappa shape index (κ1) is 18.3. The number of hydrogen-bond acceptors (Lipinski definition) is 5. The minimum absolute atomic E-state index is 0.00436. The van der Waals surface area contributed by atoms with Crippen LogP contribution in [0.3, 0.4) is 0 Å².